The van der Waals surface area contributed by atoms with E-state index in [9.17, 15) is 4.79 Å². The molecule has 1 unspecified atom stereocenters. The molecular formula is C19H33N5O2S. The van der Waals surface area contributed by atoms with Crippen molar-refractivity contribution in [2.75, 3.05) is 27.2 Å². The zero-order valence-electron chi connectivity index (χ0n) is 17.0. The van der Waals surface area contributed by atoms with E-state index < -0.39 is 0 Å². The molecule has 1 heterocycles. The summed E-state index contributed by atoms with van der Waals surface area (Å²) in [6.07, 6.45) is 5.86. The van der Waals surface area contributed by atoms with Gasteiger partial charge in [0.25, 0.3) is 0 Å². The van der Waals surface area contributed by atoms with E-state index in [0.717, 1.165) is 30.1 Å². The van der Waals surface area contributed by atoms with E-state index in [4.69, 9.17) is 4.74 Å². The molecule has 152 valence electrons. The van der Waals surface area contributed by atoms with E-state index in [1.165, 1.54) is 19.3 Å². The van der Waals surface area contributed by atoms with Crippen LogP contribution in [0.5, 0.6) is 0 Å². The number of aliphatic imine (C=N–C) groups is 1. The maximum absolute atomic E-state index is 12.2. The Bertz CT molecular complexity index is 613. The Kier molecular flexibility index (Phi) is 9.00. The maximum Gasteiger partial charge on any atom is 0.242 e. The summed E-state index contributed by atoms with van der Waals surface area (Å²) in [6, 6.07) is 0.318. The number of rotatable bonds is 8. The van der Waals surface area contributed by atoms with Crippen molar-refractivity contribution in [1.82, 2.24) is 20.5 Å². The Labute approximate surface area is 166 Å². The minimum atomic E-state index is -0.00410. The quantitative estimate of drug-likeness (QED) is 0.523. The van der Waals surface area contributed by atoms with Crippen molar-refractivity contribution in [3.8, 4) is 0 Å². The summed E-state index contributed by atoms with van der Waals surface area (Å²) in [4.78, 5) is 23.3. The van der Waals surface area contributed by atoms with Crippen LogP contribution in [0.2, 0.25) is 0 Å². The van der Waals surface area contributed by atoms with Crippen molar-refractivity contribution in [3.63, 3.8) is 0 Å². The third kappa shape index (κ3) is 7.10. The number of aromatic nitrogens is 1. The van der Waals surface area contributed by atoms with Gasteiger partial charge in [-0.05, 0) is 26.7 Å². The molecule has 1 amide bonds. The first-order valence-corrected chi connectivity index (χ1v) is 10.7. The lowest BCUT2D eigenvalue weighted by molar-refractivity contribution is -0.120. The summed E-state index contributed by atoms with van der Waals surface area (Å²) in [6.45, 7) is 5.53. The molecule has 1 aromatic rings. The van der Waals surface area contributed by atoms with Gasteiger partial charge in [0.05, 0.1) is 12.2 Å². The molecule has 7 nitrogen and oxygen atoms in total. The molecule has 1 aromatic heterocycles. The van der Waals surface area contributed by atoms with Gasteiger partial charge in [-0.2, -0.15) is 0 Å². The standard InChI is InChI=1S/C19H33N5O2S/c1-5-20-19(21-11-17(25)22-15-9-7-6-8-10-15)24(3)12-16-13-27-18(23-16)14(2)26-4/h13-15H,5-12H2,1-4H3,(H,20,21)(H,22,25). The van der Waals surface area contributed by atoms with Crippen molar-refractivity contribution in [1.29, 1.82) is 0 Å². The van der Waals surface area contributed by atoms with Crippen molar-refractivity contribution < 1.29 is 9.53 Å². The predicted molar refractivity (Wildman–Crippen MR) is 110 cm³/mol. The average Bonchev–Trinajstić information content (AvgIpc) is 3.13. The first-order valence-electron chi connectivity index (χ1n) is 9.79. The van der Waals surface area contributed by atoms with E-state index in [1.807, 2.05) is 31.2 Å². The van der Waals surface area contributed by atoms with E-state index in [1.54, 1.807) is 18.4 Å². The van der Waals surface area contributed by atoms with Gasteiger partial charge in [-0.15, -0.1) is 11.3 Å². The molecule has 8 heteroatoms. The lowest BCUT2D eigenvalue weighted by Gasteiger charge is -2.23. The Balaban J connectivity index is 1.90. The summed E-state index contributed by atoms with van der Waals surface area (Å²) >= 11 is 1.60. The molecule has 0 saturated heterocycles. The molecule has 1 saturated carbocycles. The summed E-state index contributed by atoms with van der Waals surface area (Å²) in [5, 5.41) is 9.37. The van der Waals surface area contributed by atoms with Crippen LogP contribution in [0.3, 0.4) is 0 Å². The second-order valence-electron chi connectivity index (χ2n) is 6.98. The van der Waals surface area contributed by atoms with Gasteiger partial charge in [0, 0.05) is 32.1 Å². The molecule has 0 spiro atoms. The van der Waals surface area contributed by atoms with Crippen LogP contribution in [-0.4, -0.2) is 55.0 Å². The van der Waals surface area contributed by atoms with Crippen LogP contribution < -0.4 is 10.6 Å². The number of nitrogens with zero attached hydrogens (tertiary/aromatic N) is 3. The fraction of sp³-hybridized carbons (Fsp3) is 0.737. The number of hydrogen-bond donors (Lipinski definition) is 2. The van der Waals surface area contributed by atoms with Gasteiger partial charge < -0.3 is 20.3 Å². The summed E-state index contributed by atoms with van der Waals surface area (Å²) in [5.74, 6) is 0.709. The van der Waals surface area contributed by atoms with Gasteiger partial charge in [0.1, 0.15) is 17.7 Å². The molecule has 1 fully saturated rings. The Morgan fingerprint density at radius 3 is 2.85 bits per heavy atom. The van der Waals surface area contributed by atoms with Crippen LogP contribution in [0.1, 0.15) is 62.8 Å². The molecule has 1 aliphatic carbocycles. The minimum absolute atomic E-state index is 0.000515. The van der Waals surface area contributed by atoms with Crippen molar-refractivity contribution in [2.45, 2.75) is 64.6 Å². The number of ether oxygens (including phenoxy) is 1. The average molecular weight is 396 g/mol. The number of nitrogens with one attached hydrogen (secondary N) is 2. The van der Waals surface area contributed by atoms with Crippen LogP contribution in [0, 0.1) is 0 Å². The maximum atomic E-state index is 12.2. The number of guanidine groups is 1. The third-order valence-electron chi connectivity index (χ3n) is 4.71. The van der Waals surface area contributed by atoms with Crippen LogP contribution >= 0.6 is 11.3 Å². The molecule has 27 heavy (non-hydrogen) atoms. The van der Waals surface area contributed by atoms with Gasteiger partial charge in [-0.3, -0.25) is 4.79 Å². The molecule has 2 rings (SSSR count). The fourth-order valence-electron chi connectivity index (χ4n) is 3.14. The smallest absolute Gasteiger partial charge is 0.242 e. The lowest BCUT2D eigenvalue weighted by atomic mass is 9.95. The second-order valence-corrected chi connectivity index (χ2v) is 7.87. The molecule has 1 aliphatic rings. The lowest BCUT2D eigenvalue weighted by Crippen LogP contribution is -2.41. The summed E-state index contributed by atoms with van der Waals surface area (Å²) in [7, 11) is 3.64. The Morgan fingerprint density at radius 1 is 1.44 bits per heavy atom. The number of carbonyl (C=O) groups is 1. The number of thiazole rings is 1. The van der Waals surface area contributed by atoms with Crippen LogP contribution in [0.15, 0.2) is 10.4 Å². The third-order valence-corrected chi connectivity index (χ3v) is 5.76. The highest BCUT2D eigenvalue weighted by Crippen LogP contribution is 2.21. The highest BCUT2D eigenvalue weighted by atomic mass is 32.1. The molecule has 0 radical (unpaired) electrons. The van der Waals surface area contributed by atoms with Crippen molar-refractivity contribution in [3.05, 3.63) is 16.1 Å². The molecule has 2 N–H and O–H groups in total. The highest BCUT2D eigenvalue weighted by molar-refractivity contribution is 7.09. The van der Waals surface area contributed by atoms with E-state index >= 15 is 0 Å². The highest BCUT2D eigenvalue weighted by Gasteiger charge is 2.16. The largest absolute Gasteiger partial charge is 0.375 e. The SMILES string of the molecule is CCNC(=NCC(=O)NC1CCCCC1)N(C)Cc1csc(C(C)OC)n1. The first kappa shape index (κ1) is 21.6. The van der Waals surface area contributed by atoms with Crippen molar-refractivity contribution >= 4 is 23.2 Å². The van der Waals surface area contributed by atoms with Crippen LogP contribution in [-0.2, 0) is 16.1 Å². The van der Waals surface area contributed by atoms with Gasteiger partial charge in [0.2, 0.25) is 5.91 Å². The zero-order chi connectivity index (χ0) is 19.6. The summed E-state index contributed by atoms with van der Waals surface area (Å²) in [5.41, 5.74) is 0.971. The zero-order valence-corrected chi connectivity index (χ0v) is 17.8. The fourth-order valence-corrected chi connectivity index (χ4v) is 3.98. The van der Waals surface area contributed by atoms with E-state index in [0.29, 0.717) is 18.5 Å². The first-order chi connectivity index (χ1) is 13.0. The molecule has 1 atom stereocenters. The van der Waals surface area contributed by atoms with Crippen molar-refractivity contribution in [2.24, 2.45) is 4.99 Å². The monoisotopic (exact) mass is 395 g/mol. The Hall–Kier alpha value is -1.67. The topological polar surface area (TPSA) is 78.9 Å². The van der Waals surface area contributed by atoms with Gasteiger partial charge in [0.15, 0.2) is 5.96 Å². The van der Waals surface area contributed by atoms with Gasteiger partial charge in [-0.1, -0.05) is 19.3 Å². The second kappa shape index (κ2) is 11.2. The molecule has 0 bridgehead atoms. The Morgan fingerprint density at radius 2 is 2.19 bits per heavy atom. The molecule has 0 aromatic carbocycles. The predicted octanol–water partition coefficient (Wildman–Crippen LogP) is 2.70. The molecular weight excluding hydrogens is 362 g/mol. The van der Waals surface area contributed by atoms with E-state index in [2.05, 4.69) is 20.6 Å². The van der Waals surface area contributed by atoms with Crippen LogP contribution in [0.25, 0.3) is 0 Å². The number of carbonyl (C=O) groups excluding carboxylic acids is 1. The van der Waals surface area contributed by atoms with Crippen LogP contribution in [0.4, 0.5) is 0 Å². The minimum Gasteiger partial charge on any atom is -0.375 e. The van der Waals surface area contributed by atoms with Gasteiger partial charge in [-0.25, -0.2) is 9.98 Å². The molecule has 0 aliphatic heterocycles. The number of methoxy groups -OCH3 is 1. The number of amides is 1. The van der Waals surface area contributed by atoms with E-state index in [-0.39, 0.29) is 18.6 Å². The van der Waals surface area contributed by atoms with Gasteiger partial charge >= 0.3 is 0 Å². The summed E-state index contributed by atoms with van der Waals surface area (Å²) < 4.78 is 5.32. The number of hydrogen-bond acceptors (Lipinski definition) is 5. The normalized spacial score (nSPS) is 16.8.